The Balaban J connectivity index is 1.18. The minimum atomic E-state index is -6.24. The number of nitrogens with zero attached hydrogens (tertiary/aromatic N) is 4. The van der Waals surface area contributed by atoms with Crippen LogP contribution in [0.5, 0.6) is 11.5 Å². The lowest BCUT2D eigenvalue weighted by Gasteiger charge is -2.37. The van der Waals surface area contributed by atoms with Gasteiger partial charge in [-0.3, -0.25) is 13.7 Å². The van der Waals surface area contributed by atoms with Gasteiger partial charge in [-0.1, -0.05) is 308 Å². The molecule has 0 saturated heterocycles. The zero-order valence-electron chi connectivity index (χ0n) is 81.1. The van der Waals surface area contributed by atoms with E-state index >= 15 is 0 Å². The van der Waals surface area contributed by atoms with E-state index in [-0.39, 0.29) is 44.9 Å². The van der Waals surface area contributed by atoms with E-state index in [4.69, 9.17) is 17.9 Å². The van der Waals surface area contributed by atoms with Gasteiger partial charge in [0.15, 0.2) is 16.1 Å². The molecule has 0 aliphatic heterocycles. The monoisotopic (exact) mass is 1260 g/mol. The molecule has 15 aromatic rings. The summed E-state index contributed by atoms with van der Waals surface area (Å²) in [5, 5.41) is -4.17. The zero-order valence-corrected chi connectivity index (χ0v) is 53.1. The van der Waals surface area contributed by atoms with Gasteiger partial charge >= 0.3 is 0 Å². The van der Waals surface area contributed by atoms with Gasteiger partial charge in [0.05, 0.1) is 74.6 Å². The summed E-state index contributed by atoms with van der Waals surface area (Å²) < 4.78 is 301. The van der Waals surface area contributed by atoms with Crippen molar-refractivity contribution in [2.75, 3.05) is 0 Å². The quantitative estimate of drug-likeness (QED) is 0.0471. The van der Waals surface area contributed by atoms with Gasteiger partial charge in [-0.25, -0.2) is 4.98 Å². The van der Waals surface area contributed by atoms with Crippen LogP contribution in [-0.4, -0.2) is 30.3 Å². The van der Waals surface area contributed by atoms with Gasteiger partial charge in [0.2, 0.25) is 0 Å². The average molecular weight is 1260 g/mol. The standard InChI is InChI=1S/C86H72N4OSi2/c1-85(2,3)63-31-27-30-62(56-63)75-47-29-49-82(93(71-40-19-10-20-41-71,72-42-21-11-22-43-72)73-44-23-12-24-45-73)84(75)89-61-88(81-60-74(51-53-79(81)89)92(68-34-13-7-14-35-68,69-36-15-8-16-37-69)70-38-17-9-18-39-70)65-32-28-33-66(58-65)91-67-50-52-77-76-46-25-26-48-78(76)90(80(77)59-67)83-57-64(54-55-87-83)86(4,5)6/h7-60H,1-6H3/i7D,8D,9D,10D,11D,12D,13D,14D,15D,16D,17D,18D,19D,20D,21D,22D,23D,24D,34D,35D,36D,37D,38D,39D,40D,41D,42D,43D,44D,45D. The van der Waals surface area contributed by atoms with Crippen molar-refractivity contribution in [1.82, 2.24) is 14.1 Å². The molecule has 0 bridgehead atoms. The maximum absolute atomic E-state index is 10.2. The summed E-state index contributed by atoms with van der Waals surface area (Å²) in [6, 6.07) is 7.26. The van der Waals surface area contributed by atoms with Gasteiger partial charge in [0, 0.05) is 23.0 Å². The highest BCUT2D eigenvalue weighted by Crippen LogP contribution is 2.37. The molecule has 7 heteroatoms. The Morgan fingerprint density at radius 3 is 1.52 bits per heavy atom. The predicted molar refractivity (Wildman–Crippen MR) is 392 cm³/mol. The highest BCUT2D eigenvalue weighted by atomic mass is 28.3. The maximum Gasteiger partial charge on any atom is 0.269 e. The molecule has 3 aromatic heterocycles. The van der Waals surface area contributed by atoms with Gasteiger partial charge in [0.25, 0.3) is 6.33 Å². The predicted octanol–water partition coefficient (Wildman–Crippen LogP) is 15.0. The first-order chi connectivity index (χ1) is 57.8. The van der Waals surface area contributed by atoms with Crippen LogP contribution in [0.2, 0.25) is 0 Å². The van der Waals surface area contributed by atoms with Crippen molar-refractivity contribution in [2.45, 2.75) is 52.4 Å². The Hall–Kier alpha value is -10.7. The largest absolute Gasteiger partial charge is 0.458 e. The third-order valence-corrected chi connectivity index (χ3v) is 25.2. The Kier molecular flexibility index (Phi) is 8.74. The summed E-state index contributed by atoms with van der Waals surface area (Å²) in [7, 11) is -12.3. The van der Waals surface area contributed by atoms with Gasteiger partial charge in [-0.15, -0.1) is 0 Å². The van der Waals surface area contributed by atoms with E-state index in [1.807, 2.05) is 79.9 Å². The first-order valence-electron chi connectivity index (χ1n) is 44.8. The summed E-state index contributed by atoms with van der Waals surface area (Å²) in [6.45, 7) is 12.0. The number of imidazole rings is 1. The molecule has 93 heavy (non-hydrogen) atoms. The van der Waals surface area contributed by atoms with E-state index in [1.54, 1.807) is 60.8 Å². The van der Waals surface area contributed by atoms with Crippen LogP contribution in [0.1, 0.15) is 93.8 Å². The Morgan fingerprint density at radius 2 is 0.935 bits per heavy atom. The molecule has 0 radical (unpaired) electrons. The molecule has 450 valence electrons. The molecule has 5 nitrogen and oxygen atoms in total. The molecule has 0 aliphatic carbocycles. The van der Waals surface area contributed by atoms with Crippen LogP contribution in [0.25, 0.3) is 61.2 Å². The van der Waals surface area contributed by atoms with Gasteiger partial charge < -0.3 is 4.74 Å². The first-order valence-corrected chi connectivity index (χ1v) is 33.8. The number of ether oxygens (including phenoxy) is 1. The minimum Gasteiger partial charge on any atom is -0.458 e. The number of benzene rings is 12. The van der Waals surface area contributed by atoms with Crippen molar-refractivity contribution >= 4 is 90.5 Å². The third-order valence-electron chi connectivity index (χ3n) is 16.8. The molecular weight excluding hydrogens is 1160 g/mol. The molecule has 0 saturated carbocycles. The van der Waals surface area contributed by atoms with Crippen molar-refractivity contribution in [1.29, 1.82) is 0 Å². The van der Waals surface area contributed by atoms with Crippen molar-refractivity contribution < 1.29 is 50.4 Å². The molecule has 0 N–H and O–H groups in total. The zero-order chi connectivity index (χ0) is 89.4. The van der Waals surface area contributed by atoms with Gasteiger partial charge in [-0.05, 0) is 123 Å². The second-order valence-corrected chi connectivity index (χ2v) is 31.4. The molecular formula is C86H72N4OSi2. The lowest BCUT2D eigenvalue weighted by molar-refractivity contribution is -0.570. The number of aromatic nitrogens is 4. The molecule has 0 atom stereocenters. The second-order valence-electron chi connectivity index (χ2n) is 24.3. The first kappa shape index (κ1) is 34.1. The van der Waals surface area contributed by atoms with Crippen LogP contribution < -0.4 is 50.8 Å². The molecule has 0 fully saturated rings. The summed E-state index contributed by atoms with van der Waals surface area (Å²) in [6.07, 6.45) is 5.22. The Bertz CT molecular complexity index is 6610. The summed E-state index contributed by atoms with van der Waals surface area (Å²) in [5.74, 6) is 0.997. The van der Waals surface area contributed by atoms with Crippen LogP contribution in [0.4, 0.5) is 0 Å². The lowest BCUT2D eigenvalue weighted by atomic mass is 9.85. The average Bonchev–Trinajstić information content (AvgIpc) is 1.15. The summed E-state index contributed by atoms with van der Waals surface area (Å²) in [5.41, 5.74) is 2.08. The molecule has 3 heterocycles. The SMILES string of the molecule is [2H]c1c([2H])c([2H])c([Si](c2ccc3c(c2)n(-c2cccc(Oc4ccc5c6ccccc6n(-c6cc(C(C)(C)C)ccn6)c5c4)c2)[c-][n+]3-c2c(-c3cccc(C(C)(C)C)c3)cccc2[Si](c2c([2H])c([2H])c([2H])c([2H])c2[2H])(c2c([2H])c([2H])c([2H])c([2H])c2[2H])c2c([2H])c([2H])c([2H])c([2H])c2[2H])(c2c([2H])c([2H])c([2H])c([2H])c2[2H])c2c([2H])c([2H])c([2H])c([2H])c2[2H])c([2H])c1[2H]. The van der Waals surface area contributed by atoms with Crippen molar-refractivity contribution in [3.8, 4) is 39.8 Å². The van der Waals surface area contributed by atoms with Gasteiger partial charge in [0.1, 0.15) is 17.3 Å². The number of pyridine rings is 1. The number of rotatable bonds is 14. The summed E-state index contributed by atoms with van der Waals surface area (Å²) >= 11 is 0. The van der Waals surface area contributed by atoms with Crippen LogP contribution in [0.15, 0.2) is 327 Å². The van der Waals surface area contributed by atoms with E-state index < -0.39 is 244 Å². The smallest absolute Gasteiger partial charge is 0.269 e. The Labute approximate surface area is 590 Å². The minimum absolute atomic E-state index is 0.0617. The third kappa shape index (κ3) is 10.3. The van der Waals surface area contributed by atoms with Crippen LogP contribution in [-0.2, 0) is 10.8 Å². The van der Waals surface area contributed by atoms with E-state index in [2.05, 4.69) is 27.1 Å². The topological polar surface area (TPSA) is 35.9 Å². The second kappa shape index (κ2) is 23.8. The maximum atomic E-state index is 10.2. The van der Waals surface area contributed by atoms with Crippen LogP contribution in [0, 0.1) is 6.33 Å². The molecule has 15 rings (SSSR count). The number of hydrogen-bond acceptors (Lipinski definition) is 2. The molecule has 0 amide bonds. The van der Waals surface area contributed by atoms with Crippen LogP contribution in [0.3, 0.4) is 0 Å². The fraction of sp³-hybridized carbons (Fsp3) is 0.0930. The highest BCUT2D eigenvalue weighted by Gasteiger charge is 2.45. The molecule has 0 aliphatic rings. The Morgan fingerprint density at radius 1 is 0.419 bits per heavy atom. The summed E-state index contributed by atoms with van der Waals surface area (Å²) in [4.78, 5) is 4.86. The fourth-order valence-corrected chi connectivity index (χ4v) is 20.3. The highest BCUT2D eigenvalue weighted by molar-refractivity contribution is 7.20. The normalized spacial score (nSPS) is 16.7. The van der Waals surface area contributed by atoms with Crippen LogP contribution >= 0.6 is 0 Å². The lowest BCUT2D eigenvalue weighted by Crippen LogP contribution is -2.76. The van der Waals surface area contributed by atoms with Crippen molar-refractivity contribution in [3.05, 3.63) is 344 Å². The number of hydrogen-bond donors (Lipinski definition) is 0. The van der Waals surface area contributed by atoms with E-state index in [1.165, 1.54) is 39.5 Å². The van der Waals surface area contributed by atoms with Crippen molar-refractivity contribution in [2.24, 2.45) is 0 Å². The van der Waals surface area contributed by atoms with E-state index in [9.17, 15) is 32.9 Å². The number of fused-ring (bicyclic) bond motifs is 4. The van der Waals surface area contributed by atoms with E-state index in [0.717, 1.165) is 21.9 Å². The molecule has 12 aromatic carbocycles. The number of para-hydroxylation sites is 2. The van der Waals surface area contributed by atoms with Gasteiger partial charge in [-0.2, -0.15) is 0 Å². The van der Waals surface area contributed by atoms with E-state index in [0.29, 0.717) is 22.5 Å². The fourth-order valence-electron chi connectivity index (χ4n) is 12.5. The molecule has 0 spiro atoms. The molecule has 0 unspecified atom stereocenters. The van der Waals surface area contributed by atoms with Crippen molar-refractivity contribution in [3.63, 3.8) is 0 Å².